The predicted octanol–water partition coefficient (Wildman–Crippen LogP) is 0.409. The summed E-state index contributed by atoms with van der Waals surface area (Å²) < 4.78 is 0. The molecule has 0 atom stereocenters. The van der Waals surface area contributed by atoms with Gasteiger partial charge in [-0.1, -0.05) is 13.0 Å². The fourth-order valence-electron chi connectivity index (χ4n) is 2.27. The Kier molecular flexibility index (Phi) is 5.85. The molecule has 2 amide bonds. The van der Waals surface area contributed by atoms with E-state index in [1.54, 1.807) is 11.8 Å². The molecule has 0 unspecified atom stereocenters. The van der Waals surface area contributed by atoms with Crippen molar-refractivity contribution in [2.24, 2.45) is 5.73 Å². The van der Waals surface area contributed by atoms with E-state index in [1.807, 2.05) is 13.0 Å². The topological polar surface area (TPSA) is 75.4 Å². The van der Waals surface area contributed by atoms with Crippen molar-refractivity contribution in [2.75, 3.05) is 19.6 Å². The van der Waals surface area contributed by atoms with Gasteiger partial charge in [0.05, 0.1) is 6.54 Å². The average Bonchev–Trinajstić information content (AvgIpc) is 2.36. The fraction of sp³-hybridized carbons (Fsp3) is 0.692. The number of piperidine rings is 1. The molecule has 0 radical (unpaired) electrons. The molecule has 1 fully saturated rings. The Labute approximate surface area is 108 Å². The van der Waals surface area contributed by atoms with Crippen molar-refractivity contribution in [2.45, 2.75) is 39.2 Å². The molecular weight excluding hydrogens is 230 g/mol. The summed E-state index contributed by atoms with van der Waals surface area (Å²) in [6.07, 6.45) is 4.45. The predicted molar refractivity (Wildman–Crippen MR) is 70.8 cm³/mol. The maximum atomic E-state index is 12.3. The molecule has 0 aromatic carbocycles. The lowest BCUT2D eigenvalue weighted by Gasteiger charge is -2.34. The summed E-state index contributed by atoms with van der Waals surface area (Å²) in [5, 5.41) is 3.25. The van der Waals surface area contributed by atoms with E-state index in [9.17, 15) is 9.59 Å². The Hall–Kier alpha value is -1.36. The lowest BCUT2D eigenvalue weighted by atomic mass is 10.0. The van der Waals surface area contributed by atoms with Crippen molar-refractivity contribution in [1.82, 2.24) is 10.2 Å². The Bertz CT molecular complexity index is 333. The molecule has 0 aromatic rings. The van der Waals surface area contributed by atoms with Crippen LogP contribution in [0.5, 0.6) is 0 Å². The summed E-state index contributed by atoms with van der Waals surface area (Å²) in [5.74, 6) is -0.520. The zero-order valence-electron chi connectivity index (χ0n) is 11.2. The third kappa shape index (κ3) is 4.14. The Morgan fingerprint density at radius 2 is 2.00 bits per heavy atom. The number of hydrogen-bond acceptors (Lipinski definition) is 3. The van der Waals surface area contributed by atoms with Crippen LogP contribution in [-0.4, -0.2) is 42.4 Å². The highest BCUT2D eigenvalue weighted by Crippen LogP contribution is 2.15. The minimum atomic E-state index is -0.453. The first kappa shape index (κ1) is 14.7. The van der Waals surface area contributed by atoms with E-state index in [2.05, 4.69) is 5.32 Å². The van der Waals surface area contributed by atoms with Gasteiger partial charge in [0.15, 0.2) is 0 Å². The quantitative estimate of drug-likeness (QED) is 0.697. The van der Waals surface area contributed by atoms with Gasteiger partial charge in [-0.2, -0.15) is 0 Å². The van der Waals surface area contributed by atoms with Gasteiger partial charge >= 0.3 is 0 Å². The maximum Gasteiger partial charge on any atom is 0.249 e. The smallest absolute Gasteiger partial charge is 0.249 e. The molecule has 1 aliphatic heterocycles. The molecule has 3 N–H and O–H groups in total. The molecule has 18 heavy (non-hydrogen) atoms. The minimum Gasteiger partial charge on any atom is -0.368 e. The average molecular weight is 253 g/mol. The van der Waals surface area contributed by atoms with Crippen molar-refractivity contribution in [3.8, 4) is 0 Å². The second kappa shape index (κ2) is 7.16. The van der Waals surface area contributed by atoms with Crippen LogP contribution in [-0.2, 0) is 9.59 Å². The van der Waals surface area contributed by atoms with Crippen LogP contribution in [0.4, 0.5) is 0 Å². The van der Waals surface area contributed by atoms with Gasteiger partial charge in [-0.15, -0.1) is 0 Å². The summed E-state index contributed by atoms with van der Waals surface area (Å²) in [7, 11) is 0. The lowest BCUT2D eigenvalue weighted by molar-refractivity contribution is -0.134. The Morgan fingerprint density at radius 1 is 1.39 bits per heavy atom. The van der Waals surface area contributed by atoms with Crippen molar-refractivity contribution < 1.29 is 9.59 Å². The third-order valence-corrected chi connectivity index (χ3v) is 3.18. The Balaban J connectivity index is 2.79. The van der Waals surface area contributed by atoms with Gasteiger partial charge < -0.3 is 16.0 Å². The molecule has 5 nitrogen and oxygen atoms in total. The number of amides is 2. The van der Waals surface area contributed by atoms with Crippen molar-refractivity contribution in [3.63, 3.8) is 0 Å². The summed E-state index contributed by atoms with van der Waals surface area (Å²) in [6, 6.07) is 0.117. The number of nitrogens with zero attached hydrogens (tertiary/aromatic N) is 1. The first-order valence-corrected chi connectivity index (χ1v) is 6.53. The molecule has 0 bridgehead atoms. The number of allylic oxidation sites excluding steroid dienone is 1. The number of rotatable bonds is 5. The van der Waals surface area contributed by atoms with E-state index in [0.29, 0.717) is 5.57 Å². The number of carbonyl (C=O) groups excluding carboxylic acids is 2. The molecule has 0 aliphatic carbocycles. The molecule has 0 saturated carbocycles. The number of primary amides is 1. The van der Waals surface area contributed by atoms with Gasteiger partial charge in [0.1, 0.15) is 0 Å². The van der Waals surface area contributed by atoms with Crippen LogP contribution in [0.2, 0.25) is 0 Å². The van der Waals surface area contributed by atoms with Gasteiger partial charge in [0, 0.05) is 11.6 Å². The zero-order valence-corrected chi connectivity index (χ0v) is 11.2. The SMILES string of the molecule is CC/C=C(\C)C(=O)N(CC(N)=O)C1CCNCC1. The molecule has 1 heterocycles. The number of nitrogens with one attached hydrogen (secondary N) is 1. The summed E-state index contributed by atoms with van der Waals surface area (Å²) in [5.41, 5.74) is 5.94. The number of hydrogen-bond donors (Lipinski definition) is 2. The van der Waals surface area contributed by atoms with Gasteiger partial charge in [-0.05, 0) is 39.3 Å². The molecule has 5 heteroatoms. The molecule has 1 aliphatic rings. The highest BCUT2D eigenvalue weighted by Gasteiger charge is 2.26. The highest BCUT2D eigenvalue weighted by atomic mass is 16.2. The van der Waals surface area contributed by atoms with Crippen molar-refractivity contribution >= 4 is 11.8 Å². The van der Waals surface area contributed by atoms with Gasteiger partial charge in [0.2, 0.25) is 11.8 Å². The van der Waals surface area contributed by atoms with Crippen LogP contribution < -0.4 is 11.1 Å². The number of nitrogens with two attached hydrogens (primary N) is 1. The van der Waals surface area contributed by atoms with E-state index in [-0.39, 0.29) is 18.5 Å². The lowest BCUT2D eigenvalue weighted by Crippen LogP contribution is -2.49. The van der Waals surface area contributed by atoms with Crippen LogP contribution in [0.15, 0.2) is 11.6 Å². The summed E-state index contributed by atoms with van der Waals surface area (Å²) in [6.45, 7) is 5.55. The molecule has 102 valence electrons. The van der Waals surface area contributed by atoms with Gasteiger partial charge in [0.25, 0.3) is 0 Å². The van der Waals surface area contributed by atoms with E-state index in [1.165, 1.54) is 0 Å². The second-order valence-corrected chi connectivity index (χ2v) is 4.68. The van der Waals surface area contributed by atoms with Crippen LogP contribution in [0.25, 0.3) is 0 Å². The highest BCUT2D eigenvalue weighted by molar-refractivity contribution is 5.95. The summed E-state index contributed by atoms with van der Waals surface area (Å²) >= 11 is 0. The molecule has 0 aromatic heterocycles. The van der Waals surface area contributed by atoms with E-state index in [0.717, 1.165) is 32.4 Å². The zero-order chi connectivity index (χ0) is 13.5. The van der Waals surface area contributed by atoms with Gasteiger partial charge in [-0.25, -0.2) is 0 Å². The van der Waals surface area contributed by atoms with E-state index >= 15 is 0 Å². The van der Waals surface area contributed by atoms with Crippen LogP contribution in [0, 0.1) is 0 Å². The van der Waals surface area contributed by atoms with Crippen LogP contribution >= 0.6 is 0 Å². The van der Waals surface area contributed by atoms with Crippen molar-refractivity contribution in [3.05, 3.63) is 11.6 Å². The first-order valence-electron chi connectivity index (χ1n) is 6.53. The molecule has 1 saturated heterocycles. The minimum absolute atomic E-state index is 0.0123. The van der Waals surface area contributed by atoms with E-state index in [4.69, 9.17) is 5.73 Å². The molecular formula is C13H23N3O2. The van der Waals surface area contributed by atoms with Gasteiger partial charge in [-0.3, -0.25) is 9.59 Å². The standard InChI is InChI=1S/C13H23N3O2/c1-3-4-10(2)13(18)16(9-12(14)17)11-5-7-15-8-6-11/h4,11,15H,3,5-9H2,1-2H3,(H2,14,17)/b10-4+. The van der Waals surface area contributed by atoms with Crippen LogP contribution in [0.1, 0.15) is 33.1 Å². The second-order valence-electron chi connectivity index (χ2n) is 4.68. The first-order chi connectivity index (χ1) is 8.56. The Morgan fingerprint density at radius 3 is 2.50 bits per heavy atom. The number of carbonyl (C=O) groups is 2. The van der Waals surface area contributed by atoms with E-state index < -0.39 is 5.91 Å². The van der Waals surface area contributed by atoms with Crippen LogP contribution in [0.3, 0.4) is 0 Å². The third-order valence-electron chi connectivity index (χ3n) is 3.18. The molecule has 1 rings (SSSR count). The normalized spacial score (nSPS) is 17.6. The molecule has 0 spiro atoms. The summed E-state index contributed by atoms with van der Waals surface area (Å²) in [4.78, 5) is 25.1. The largest absolute Gasteiger partial charge is 0.368 e. The van der Waals surface area contributed by atoms with Crippen molar-refractivity contribution in [1.29, 1.82) is 0 Å². The fourth-order valence-corrected chi connectivity index (χ4v) is 2.27. The monoisotopic (exact) mass is 253 g/mol. The maximum absolute atomic E-state index is 12.3.